The van der Waals surface area contributed by atoms with Crippen molar-refractivity contribution in [2.75, 3.05) is 5.32 Å². The normalized spacial score (nSPS) is 10.2. The zero-order chi connectivity index (χ0) is 16.9. The van der Waals surface area contributed by atoms with E-state index in [0.717, 1.165) is 5.56 Å². The smallest absolute Gasteiger partial charge is 0.259 e. The average Bonchev–Trinajstić information content (AvgIpc) is 2.57. The van der Waals surface area contributed by atoms with E-state index in [1.54, 1.807) is 30.3 Å². The number of aromatic hydroxyl groups is 1. The SMILES string of the molecule is Cc1ccc(C(=O)Nc2ccccc2Oc2ccccc2)c(O)c1. The Bertz CT molecular complexity index is 860. The Morgan fingerprint density at radius 1 is 0.958 bits per heavy atom. The van der Waals surface area contributed by atoms with Crippen molar-refractivity contribution >= 4 is 11.6 Å². The highest BCUT2D eigenvalue weighted by molar-refractivity contribution is 6.06. The molecule has 0 aliphatic heterocycles. The molecule has 0 fully saturated rings. The van der Waals surface area contributed by atoms with Crippen LogP contribution in [0.25, 0.3) is 0 Å². The fourth-order valence-corrected chi connectivity index (χ4v) is 2.30. The van der Waals surface area contributed by atoms with Gasteiger partial charge in [-0.2, -0.15) is 0 Å². The third-order valence-electron chi connectivity index (χ3n) is 3.50. The van der Waals surface area contributed by atoms with E-state index in [-0.39, 0.29) is 11.3 Å². The summed E-state index contributed by atoms with van der Waals surface area (Å²) in [6, 6.07) is 21.4. The van der Waals surface area contributed by atoms with E-state index < -0.39 is 5.91 Å². The van der Waals surface area contributed by atoms with Crippen LogP contribution in [0, 0.1) is 6.92 Å². The third-order valence-corrected chi connectivity index (χ3v) is 3.50. The van der Waals surface area contributed by atoms with E-state index in [4.69, 9.17) is 4.74 Å². The number of amides is 1. The summed E-state index contributed by atoms with van der Waals surface area (Å²) in [7, 11) is 0. The van der Waals surface area contributed by atoms with Gasteiger partial charge in [-0.05, 0) is 48.9 Å². The van der Waals surface area contributed by atoms with Crippen molar-refractivity contribution in [3.8, 4) is 17.2 Å². The fraction of sp³-hybridized carbons (Fsp3) is 0.0500. The number of para-hydroxylation sites is 3. The maximum absolute atomic E-state index is 12.4. The molecule has 0 saturated carbocycles. The first-order valence-electron chi connectivity index (χ1n) is 7.56. The van der Waals surface area contributed by atoms with Gasteiger partial charge in [0.1, 0.15) is 11.5 Å². The Labute approximate surface area is 140 Å². The Kier molecular flexibility index (Phi) is 4.47. The van der Waals surface area contributed by atoms with Gasteiger partial charge in [0.05, 0.1) is 11.3 Å². The van der Waals surface area contributed by atoms with Gasteiger partial charge in [-0.15, -0.1) is 0 Å². The second kappa shape index (κ2) is 6.87. The van der Waals surface area contributed by atoms with Crippen LogP contribution in [0.2, 0.25) is 0 Å². The molecule has 0 bridgehead atoms. The van der Waals surface area contributed by atoms with Crippen molar-refractivity contribution < 1.29 is 14.6 Å². The van der Waals surface area contributed by atoms with Crippen LogP contribution in [-0.4, -0.2) is 11.0 Å². The largest absolute Gasteiger partial charge is 0.507 e. The van der Waals surface area contributed by atoms with E-state index in [9.17, 15) is 9.90 Å². The molecule has 0 heterocycles. The Balaban J connectivity index is 1.84. The second-order valence-corrected chi connectivity index (χ2v) is 5.39. The zero-order valence-corrected chi connectivity index (χ0v) is 13.2. The quantitative estimate of drug-likeness (QED) is 0.730. The van der Waals surface area contributed by atoms with Gasteiger partial charge in [-0.3, -0.25) is 4.79 Å². The number of ether oxygens (including phenoxy) is 1. The molecule has 0 unspecified atom stereocenters. The fourth-order valence-electron chi connectivity index (χ4n) is 2.30. The van der Waals surface area contributed by atoms with Crippen LogP contribution in [0.5, 0.6) is 17.2 Å². The number of hydrogen-bond acceptors (Lipinski definition) is 3. The molecule has 120 valence electrons. The predicted octanol–water partition coefficient (Wildman–Crippen LogP) is 4.75. The maximum Gasteiger partial charge on any atom is 0.259 e. The summed E-state index contributed by atoms with van der Waals surface area (Å²) in [5.41, 5.74) is 1.64. The molecule has 0 aliphatic carbocycles. The molecule has 3 aromatic rings. The van der Waals surface area contributed by atoms with E-state index in [1.165, 1.54) is 0 Å². The van der Waals surface area contributed by atoms with Crippen molar-refractivity contribution in [2.24, 2.45) is 0 Å². The first-order valence-corrected chi connectivity index (χ1v) is 7.56. The minimum absolute atomic E-state index is 0.0473. The van der Waals surface area contributed by atoms with Crippen LogP contribution < -0.4 is 10.1 Å². The molecule has 24 heavy (non-hydrogen) atoms. The van der Waals surface area contributed by atoms with Gasteiger partial charge < -0.3 is 15.2 Å². The van der Waals surface area contributed by atoms with Crippen LogP contribution in [0.1, 0.15) is 15.9 Å². The van der Waals surface area contributed by atoms with E-state index >= 15 is 0 Å². The maximum atomic E-state index is 12.4. The van der Waals surface area contributed by atoms with Crippen LogP contribution >= 0.6 is 0 Å². The molecule has 0 saturated heterocycles. The standard InChI is InChI=1S/C20H17NO3/c1-14-11-12-16(18(22)13-14)20(23)21-17-9-5-6-10-19(17)24-15-7-3-2-4-8-15/h2-13,22H,1H3,(H,21,23). The number of aryl methyl sites for hydroxylation is 1. The summed E-state index contributed by atoms with van der Waals surface area (Å²) >= 11 is 0. The number of phenols is 1. The van der Waals surface area contributed by atoms with Gasteiger partial charge in [-0.1, -0.05) is 36.4 Å². The molecule has 4 nitrogen and oxygen atoms in total. The summed E-state index contributed by atoms with van der Waals surface area (Å²) in [6.45, 7) is 1.85. The number of carbonyl (C=O) groups is 1. The lowest BCUT2D eigenvalue weighted by molar-refractivity contribution is 0.102. The number of benzene rings is 3. The molecular formula is C20H17NO3. The lowest BCUT2D eigenvalue weighted by Gasteiger charge is -2.13. The Morgan fingerprint density at radius 3 is 2.42 bits per heavy atom. The van der Waals surface area contributed by atoms with Gasteiger partial charge in [-0.25, -0.2) is 0 Å². The topological polar surface area (TPSA) is 58.6 Å². The Morgan fingerprint density at radius 2 is 1.67 bits per heavy atom. The lowest BCUT2D eigenvalue weighted by atomic mass is 10.1. The molecule has 0 radical (unpaired) electrons. The van der Waals surface area contributed by atoms with Crippen molar-refractivity contribution in [3.63, 3.8) is 0 Å². The minimum atomic E-state index is -0.392. The number of anilines is 1. The van der Waals surface area contributed by atoms with E-state index in [2.05, 4.69) is 5.32 Å². The molecule has 0 aliphatic rings. The second-order valence-electron chi connectivity index (χ2n) is 5.39. The lowest BCUT2D eigenvalue weighted by Crippen LogP contribution is -2.12. The van der Waals surface area contributed by atoms with Gasteiger partial charge >= 0.3 is 0 Å². The molecule has 3 aromatic carbocycles. The highest BCUT2D eigenvalue weighted by atomic mass is 16.5. The van der Waals surface area contributed by atoms with Crippen molar-refractivity contribution in [1.82, 2.24) is 0 Å². The molecule has 1 amide bonds. The van der Waals surface area contributed by atoms with Crippen molar-refractivity contribution in [1.29, 1.82) is 0 Å². The van der Waals surface area contributed by atoms with Crippen LogP contribution in [-0.2, 0) is 0 Å². The van der Waals surface area contributed by atoms with Gasteiger partial charge in [0, 0.05) is 0 Å². The molecule has 0 spiro atoms. The first kappa shape index (κ1) is 15.6. The van der Waals surface area contributed by atoms with Crippen LogP contribution in [0.4, 0.5) is 5.69 Å². The number of carbonyl (C=O) groups excluding carboxylic acids is 1. The van der Waals surface area contributed by atoms with Gasteiger partial charge in [0.25, 0.3) is 5.91 Å². The highest BCUT2D eigenvalue weighted by Crippen LogP contribution is 2.30. The minimum Gasteiger partial charge on any atom is -0.507 e. The summed E-state index contributed by atoms with van der Waals surface area (Å²) in [4.78, 5) is 12.4. The number of hydrogen-bond donors (Lipinski definition) is 2. The highest BCUT2D eigenvalue weighted by Gasteiger charge is 2.14. The monoisotopic (exact) mass is 319 g/mol. The predicted molar refractivity (Wildman–Crippen MR) is 93.8 cm³/mol. The van der Waals surface area contributed by atoms with Crippen molar-refractivity contribution in [3.05, 3.63) is 83.9 Å². The summed E-state index contributed by atoms with van der Waals surface area (Å²) in [6.07, 6.45) is 0. The molecule has 0 atom stereocenters. The zero-order valence-electron chi connectivity index (χ0n) is 13.2. The number of nitrogens with one attached hydrogen (secondary N) is 1. The number of rotatable bonds is 4. The van der Waals surface area contributed by atoms with E-state index in [0.29, 0.717) is 17.2 Å². The molecule has 2 N–H and O–H groups in total. The summed E-state index contributed by atoms with van der Waals surface area (Å²) < 4.78 is 5.82. The van der Waals surface area contributed by atoms with Gasteiger partial charge in [0.2, 0.25) is 0 Å². The van der Waals surface area contributed by atoms with Crippen LogP contribution in [0.15, 0.2) is 72.8 Å². The van der Waals surface area contributed by atoms with Crippen LogP contribution in [0.3, 0.4) is 0 Å². The number of phenolic OH excluding ortho intramolecular Hbond substituents is 1. The summed E-state index contributed by atoms with van der Waals surface area (Å²) in [5, 5.41) is 12.7. The molecule has 0 aromatic heterocycles. The third kappa shape index (κ3) is 3.55. The molecule has 4 heteroatoms. The Hall–Kier alpha value is -3.27. The molecular weight excluding hydrogens is 302 g/mol. The molecule has 3 rings (SSSR count). The van der Waals surface area contributed by atoms with Gasteiger partial charge in [0.15, 0.2) is 5.75 Å². The average molecular weight is 319 g/mol. The van der Waals surface area contributed by atoms with Crippen molar-refractivity contribution in [2.45, 2.75) is 6.92 Å². The van der Waals surface area contributed by atoms with E-state index in [1.807, 2.05) is 49.4 Å². The first-order chi connectivity index (χ1) is 11.6. The summed E-state index contributed by atoms with van der Waals surface area (Å²) in [5.74, 6) is 0.770.